The maximum absolute atomic E-state index is 11.2. The number of hydrogen-bond acceptors (Lipinski definition) is 4. The number of thioether (sulfide) groups is 1. The molecule has 92 valence electrons. The fraction of sp³-hybridized carbons (Fsp3) is 1.00. The van der Waals surface area contributed by atoms with E-state index in [-0.39, 0.29) is 6.61 Å². The zero-order valence-corrected chi connectivity index (χ0v) is 10.7. The van der Waals surface area contributed by atoms with E-state index >= 15 is 0 Å². The van der Waals surface area contributed by atoms with E-state index in [2.05, 4.69) is 9.44 Å². The van der Waals surface area contributed by atoms with Gasteiger partial charge in [-0.1, -0.05) is 6.92 Å². The van der Waals surface area contributed by atoms with Gasteiger partial charge < -0.3 is 5.11 Å². The Labute approximate surface area is 96.2 Å². The van der Waals surface area contributed by atoms with Crippen LogP contribution in [0.25, 0.3) is 0 Å². The van der Waals surface area contributed by atoms with Gasteiger partial charge in [0.05, 0.1) is 0 Å². The van der Waals surface area contributed by atoms with Crippen LogP contribution < -0.4 is 9.44 Å². The van der Waals surface area contributed by atoms with Crippen LogP contribution in [-0.2, 0) is 10.2 Å². The lowest BCUT2D eigenvalue weighted by molar-refractivity contribution is 0.296. The average molecular weight is 256 g/mol. The molecule has 0 bridgehead atoms. The molecule has 0 unspecified atom stereocenters. The summed E-state index contributed by atoms with van der Waals surface area (Å²) in [5.74, 6) is 1.59. The summed E-state index contributed by atoms with van der Waals surface area (Å²) in [7, 11) is -3.30. The molecule has 0 saturated heterocycles. The van der Waals surface area contributed by atoms with Gasteiger partial charge in [0, 0.05) is 25.4 Å². The lowest BCUT2D eigenvalue weighted by atomic mass is 10.5. The molecule has 0 aliphatic rings. The van der Waals surface area contributed by atoms with E-state index in [1.165, 1.54) is 0 Å². The molecule has 0 fully saturated rings. The molecular formula is C8H20N2O3S2. The standard InChI is InChI=1S/C8H20N2O3S2/c1-2-4-9-15(12,13)10-5-8-14-7-3-6-11/h9-11H,2-8H2,1H3. The molecule has 0 atom stereocenters. The van der Waals surface area contributed by atoms with E-state index in [1.807, 2.05) is 6.92 Å². The highest BCUT2D eigenvalue weighted by Crippen LogP contribution is 2.00. The first-order valence-electron chi connectivity index (χ1n) is 5.05. The van der Waals surface area contributed by atoms with Gasteiger partial charge in [-0.15, -0.1) is 0 Å². The van der Waals surface area contributed by atoms with E-state index in [1.54, 1.807) is 11.8 Å². The Morgan fingerprint density at radius 1 is 1.20 bits per heavy atom. The van der Waals surface area contributed by atoms with Crippen LogP contribution in [0, 0.1) is 0 Å². The third-order valence-corrected chi connectivity index (χ3v) is 3.77. The molecule has 0 saturated carbocycles. The topological polar surface area (TPSA) is 78.4 Å². The van der Waals surface area contributed by atoms with Gasteiger partial charge >= 0.3 is 0 Å². The van der Waals surface area contributed by atoms with Crippen molar-refractivity contribution in [2.24, 2.45) is 0 Å². The fourth-order valence-electron chi connectivity index (χ4n) is 0.804. The molecule has 0 aliphatic carbocycles. The zero-order chi connectivity index (χ0) is 11.6. The largest absolute Gasteiger partial charge is 0.396 e. The first-order valence-corrected chi connectivity index (χ1v) is 7.69. The molecule has 7 heteroatoms. The lowest BCUT2D eigenvalue weighted by Crippen LogP contribution is -2.38. The van der Waals surface area contributed by atoms with Crippen molar-refractivity contribution in [2.45, 2.75) is 19.8 Å². The van der Waals surface area contributed by atoms with E-state index in [9.17, 15) is 8.42 Å². The second-order valence-corrected chi connectivity index (χ2v) is 5.79. The van der Waals surface area contributed by atoms with Gasteiger partial charge in [0.1, 0.15) is 0 Å². The van der Waals surface area contributed by atoms with Crippen LogP contribution in [-0.4, -0.2) is 44.7 Å². The van der Waals surface area contributed by atoms with Crippen molar-refractivity contribution < 1.29 is 13.5 Å². The predicted octanol–water partition coefficient (Wildman–Crippen LogP) is -0.0640. The van der Waals surface area contributed by atoms with E-state index in [4.69, 9.17) is 5.11 Å². The van der Waals surface area contributed by atoms with Crippen molar-refractivity contribution in [3.63, 3.8) is 0 Å². The molecule has 0 aromatic heterocycles. The zero-order valence-electron chi connectivity index (χ0n) is 9.03. The molecule has 0 spiro atoms. The highest BCUT2D eigenvalue weighted by atomic mass is 32.2. The average Bonchev–Trinajstić information content (AvgIpc) is 2.20. The van der Waals surface area contributed by atoms with Gasteiger partial charge in [0.25, 0.3) is 10.2 Å². The Morgan fingerprint density at radius 2 is 1.87 bits per heavy atom. The van der Waals surface area contributed by atoms with Crippen molar-refractivity contribution in [3.8, 4) is 0 Å². The fourth-order valence-corrected chi connectivity index (χ4v) is 2.66. The smallest absolute Gasteiger partial charge is 0.276 e. The normalized spacial score (nSPS) is 11.9. The van der Waals surface area contributed by atoms with Crippen LogP contribution in [0.15, 0.2) is 0 Å². The predicted molar refractivity (Wildman–Crippen MR) is 64.2 cm³/mol. The van der Waals surface area contributed by atoms with E-state index in [0.717, 1.165) is 24.3 Å². The highest BCUT2D eigenvalue weighted by molar-refractivity contribution is 7.99. The SMILES string of the molecule is CCCNS(=O)(=O)NCCSCCCO. The van der Waals surface area contributed by atoms with Crippen LogP contribution in [0.4, 0.5) is 0 Å². The Morgan fingerprint density at radius 3 is 2.47 bits per heavy atom. The minimum absolute atomic E-state index is 0.191. The van der Waals surface area contributed by atoms with E-state index in [0.29, 0.717) is 13.1 Å². The number of aliphatic hydroxyl groups is 1. The maximum atomic E-state index is 11.2. The maximum Gasteiger partial charge on any atom is 0.276 e. The summed E-state index contributed by atoms with van der Waals surface area (Å²) < 4.78 is 27.3. The second-order valence-electron chi connectivity index (χ2n) is 2.98. The summed E-state index contributed by atoms with van der Waals surface area (Å²) in [5.41, 5.74) is 0. The quantitative estimate of drug-likeness (QED) is 0.478. The third kappa shape index (κ3) is 10.5. The molecule has 0 rings (SSSR count). The van der Waals surface area contributed by atoms with Gasteiger partial charge in [0.2, 0.25) is 0 Å². The molecule has 0 amide bonds. The minimum Gasteiger partial charge on any atom is -0.396 e. The van der Waals surface area contributed by atoms with Crippen molar-refractivity contribution in [3.05, 3.63) is 0 Å². The third-order valence-electron chi connectivity index (χ3n) is 1.53. The van der Waals surface area contributed by atoms with Crippen LogP contribution in [0.2, 0.25) is 0 Å². The highest BCUT2D eigenvalue weighted by Gasteiger charge is 2.05. The lowest BCUT2D eigenvalue weighted by Gasteiger charge is -2.06. The minimum atomic E-state index is -3.30. The molecule has 0 radical (unpaired) electrons. The molecule has 3 N–H and O–H groups in total. The summed E-state index contributed by atoms with van der Waals surface area (Å²) in [4.78, 5) is 0. The van der Waals surface area contributed by atoms with Crippen LogP contribution in [0.1, 0.15) is 19.8 Å². The molecule has 15 heavy (non-hydrogen) atoms. The van der Waals surface area contributed by atoms with Crippen molar-refractivity contribution in [1.82, 2.24) is 9.44 Å². The molecule has 0 heterocycles. The molecule has 0 aliphatic heterocycles. The summed E-state index contributed by atoms with van der Waals surface area (Å²) in [6.07, 6.45) is 1.54. The molecule has 0 aromatic carbocycles. The van der Waals surface area contributed by atoms with Crippen LogP contribution in [0.3, 0.4) is 0 Å². The first-order chi connectivity index (χ1) is 7.12. The monoisotopic (exact) mass is 256 g/mol. The Balaban J connectivity index is 3.41. The van der Waals surface area contributed by atoms with Gasteiger partial charge in [-0.3, -0.25) is 0 Å². The summed E-state index contributed by atoms with van der Waals surface area (Å²) >= 11 is 1.63. The summed E-state index contributed by atoms with van der Waals surface area (Å²) in [6.45, 7) is 2.99. The summed E-state index contributed by atoms with van der Waals surface area (Å²) in [6, 6.07) is 0. The molecule has 0 aromatic rings. The Bertz CT molecular complexity index is 232. The van der Waals surface area contributed by atoms with Crippen molar-refractivity contribution in [2.75, 3.05) is 31.2 Å². The number of aliphatic hydroxyl groups excluding tert-OH is 1. The van der Waals surface area contributed by atoms with Crippen molar-refractivity contribution >= 4 is 22.0 Å². The van der Waals surface area contributed by atoms with Crippen LogP contribution in [0.5, 0.6) is 0 Å². The molecular weight excluding hydrogens is 236 g/mol. The van der Waals surface area contributed by atoms with Crippen molar-refractivity contribution in [1.29, 1.82) is 0 Å². The van der Waals surface area contributed by atoms with Gasteiger partial charge in [-0.05, 0) is 18.6 Å². The van der Waals surface area contributed by atoms with Gasteiger partial charge in [-0.25, -0.2) is 9.44 Å². The summed E-state index contributed by atoms with van der Waals surface area (Å²) in [5, 5.41) is 8.51. The number of nitrogens with one attached hydrogen (secondary N) is 2. The van der Waals surface area contributed by atoms with E-state index < -0.39 is 10.2 Å². The Hall–Kier alpha value is 0.180. The van der Waals surface area contributed by atoms with Gasteiger partial charge in [0.15, 0.2) is 0 Å². The van der Waals surface area contributed by atoms with Crippen LogP contribution >= 0.6 is 11.8 Å². The van der Waals surface area contributed by atoms with Gasteiger partial charge in [-0.2, -0.15) is 20.2 Å². The second kappa shape index (κ2) is 9.41. The first kappa shape index (κ1) is 15.2. The molecule has 5 nitrogen and oxygen atoms in total. The Kier molecular flexibility index (Phi) is 9.52. The number of hydrogen-bond donors (Lipinski definition) is 3. The number of rotatable bonds is 10.